The number of carbonyl (C=O) groups is 1. The van der Waals surface area contributed by atoms with Crippen molar-refractivity contribution in [1.29, 1.82) is 0 Å². The van der Waals surface area contributed by atoms with E-state index in [4.69, 9.17) is 31.0 Å². The number of azide groups is 1. The number of likely N-dealkylation sites (N-methyl/N-ethyl adjacent to an activating group) is 1. The molecule has 1 fully saturated rings. The van der Waals surface area contributed by atoms with Crippen LogP contribution in [0.25, 0.3) is 21.6 Å². The van der Waals surface area contributed by atoms with Crippen LogP contribution in [0.15, 0.2) is 52.7 Å². The number of aliphatic hydroxyl groups excluding tert-OH is 1. The van der Waals surface area contributed by atoms with Gasteiger partial charge >= 0.3 is 0 Å². The number of fused-ring (bicyclic) bond motifs is 1. The fourth-order valence-corrected chi connectivity index (χ4v) is 4.30. The Morgan fingerprint density at radius 1 is 1.37 bits per heavy atom. The van der Waals surface area contributed by atoms with E-state index in [1.807, 2.05) is 6.07 Å². The van der Waals surface area contributed by atoms with Gasteiger partial charge in [0.2, 0.25) is 5.91 Å². The molecule has 1 saturated heterocycles. The van der Waals surface area contributed by atoms with Crippen LogP contribution in [0.2, 0.25) is 5.02 Å². The lowest BCUT2D eigenvalue weighted by molar-refractivity contribution is -0.132. The minimum Gasteiger partial charge on any atom is -0.488 e. The average molecular weight is 540 g/mol. The lowest BCUT2D eigenvalue weighted by Gasteiger charge is -2.13. The first kappa shape index (κ1) is 25.3. The molecule has 0 spiro atoms. The van der Waals surface area contributed by atoms with Crippen LogP contribution in [0.3, 0.4) is 0 Å². The first-order valence-electron chi connectivity index (χ1n) is 11.4. The van der Waals surface area contributed by atoms with Crippen molar-refractivity contribution in [3.8, 4) is 5.75 Å². The van der Waals surface area contributed by atoms with Gasteiger partial charge in [-0.15, -0.1) is 0 Å². The Balaban J connectivity index is 1.37. The topological polar surface area (TPSA) is 196 Å². The number of halogens is 1. The van der Waals surface area contributed by atoms with Crippen LogP contribution >= 0.6 is 11.6 Å². The molecule has 4 aromatic rings. The fourth-order valence-electron chi connectivity index (χ4n) is 4.11. The molecule has 0 unspecified atom stereocenters. The van der Waals surface area contributed by atoms with Gasteiger partial charge < -0.3 is 34.6 Å². The molecule has 0 bridgehead atoms. The van der Waals surface area contributed by atoms with Crippen molar-refractivity contribution in [2.75, 3.05) is 12.4 Å². The van der Waals surface area contributed by atoms with Gasteiger partial charge in [-0.3, -0.25) is 4.79 Å². The minimum absolute atomic E-state index is 0.201. The summed E-state index contributed by atoms with van der Waals surface area (Å²) in [5, 5.41) is 20.5. The third kappa shape index (κ3) is 5.06. The summed E-state index contributed by atoms with van der Waals surface area (Å²) in [7, 11) is 1.42. The summed E-state index contributed by atoms with van der Waals surface area (Å²) < 4.78 is 16.8. The predicted molar refractivity (Wildman–Crippen MR) is 134 cm³/mol. The van der Waals surface area contributed by atoms with E-state index in [1.54, 1.807) is 30.7 Å². The Morgan fingerprint density at radius 3 is 3.00 bits per heavy atom. The van der Waals surface area contributed by atoms with Gasteiger partial charge in [0.1, 0.15) is 48.3 Å². The van der Waals surface area contributed by atoms with Crippen molar-refractivity contribution in [3.05, 3.63) is 75.5 Å². The molecule has 4 atom stereocenters. The molecule has 196 valence electrons. The lowest BCUT2D eigenvalue weighted by atomic mass is 10.0. The molecule has 0 saturated carbocycles. The number of ether oxygens (including phenoxy) is 2. The summed E-state index contributed by atoms with van der Waals surface area (Å²) in [5.74, 6) is 0.726. The highest BCUT2D eigenvalue weighted by Crippen LogP contribution is 2.35. The van der Waals surface area contributed by atoms with Crippen molar-refractivity contribution < 1.29 is 23.8 Å². The number of carbonyl (C=O) groups excluding carboxylic acids is 1. The molecular formula is C23H22ClN9O5. The van der Waals surface area contributed by atoms with Gasteiger partial charge in [-0.1, -0.05) is 16.7 Å². The van der Waals surface area contributed by atoms with Gasteiger partial charge in [0.05, 0.1) is 18.6 Å². The molecule has 38 heavy (non-hydrogen) atoms. The number of hydrogen-bond acceptors (Lipinski definition) is 10. The van der Waals surface area contributed by atoms with E-state index in [0.717, 1.165) is 11.1 Å². The number of rotatable bonds is 9. The molecule has 5 rings (SSSR count). The molecule has 0 aliphatic carbocycles. The van der Waals surface area contributed by atoms with Gasteiger partial charge in [-0.05, 0) is 29.8 Å². The second-order valence-corrected chi connectivity index (χ2v) is 8.78. The van der Waals surface area contributed by atoms with Crippen LogP contribution < -0.4 is 15.4 Å². The van der Waals surface area contributed by atoms with Crippen LogP contribution in [-0.2, 0) is 22.7 Å². The maximum atomic E-state index is 12.2. The number of amides is 1. The van der Waals surface area contributed by atoms with E-state index < -0.39 is 30.3 Å². The van der Waals surface area contributed by atoms with E-state index in [2.05, 4.69) is 40.6 Å². The number of nitrogens with one attached hydrogen (secondary N) is 3. The Labute approximate surface area is 220 Å². The van der Waals surface area contributed by atoms with Crippen LogP contribution in [0.5, 0.6) is 5.75 Å². The number of aromatic amines is 1. The highest BCUT2D eigenvalue weighted by atomic mass is 35.5. The fraction of sp³-hybridized carbons (Fsp3) is 0.304. The first-order chi connectivity index (χ1) is 18.5. The zero-order valence-electron chi connectivity index (χ0n) is 19.9. The van der Waals surface area contributed by atoms with Crippen molar-refractivity contribution in [1.82, 2.24) is 25.3 Å². The Morgan fingerprint density at radius 2 is 2.24 bits per heavy atom. The van der Waals surface area contributed by atoms with Crippen molar-refractivity contribution in [2.24, 2.45) is 5.11 Å². The minimum atomic E-state index is -1.32. The van der Waals surface area contributed by atoms with E-state index >= 15 is 0 Å². The number of nitrogens with zero attached hydrogens (tertiary/aromatic N) is 6. The normalized spacial score (nSPS) is 20.7. The zero-order chi connectivity index (χ0) is 26.6. The van der Waals surface area contributed by atoms with Crippen molar-refractivity contribution >= 4 is 34.5 Å². The number of H-pyrrole nitrogens is 1. The number of imidazole rings is 1. The highest BCUT2D eigenvalue weighted by molar-refractivity contribution is 6.30. The Hall–Kier alpha value is -4.36. The average Bonchev–Trinajstić information content (AvgIpc) is 3.66. The first-order valence-corrected chi connectivity index (χ1v) is 11.8. The molecule has 15 heteroatoms. The number of aromatic nitrogens is 4. The van der Waals surface area contributed by atoms with E-state index in [9.17, 15) is 9.90 Å². The quantitative estimate of drug-likeness (QED) is 0.140. The van der Waals surface area contributed by atoms with Gasteiger partial charge in [-0.2, -0.15) is 0 Å². The number of furan rings is 1. The number of hydrogen-bond donors (Lipinski definition) is 4. The highest BCUT2D eigenvalue weighted by Gasteiger charge is 2.48. The SMILES string of the molecule is CNC(=O)[C@H]1O[C@H](c2nc3ncnc(NCc4cc(Cl)ccc4OCc4ccoc4)c3[nH]2)[C@H](O)[C@@H]1N=[N+]=[N-]. The summed E-state index contributed by atoms with van der Waals surface area (Å²) in [6.07, 6.45) is 0.956. The predicted octanol–water partition coefficient (Wildman–Crippen LogP) is 3.02. The largest absolute Gasteiger partial charge is 0.488 e. The third-order valence-electron chi connectivity index (χ3n) is 5.97. The molecule has 1 amide bonds. The second-order valence-electron chi connectivity index (χ2n) is 8.35. The molecule has 1 aliphatic rings. The molecular weight excluding hydrogens is 518 g/mol. The van der Waals surface area contributed by atoms with E-state index in [0.29, 0.717) is 40.9 Å². The standard InChI is InChI=1S/C23H22ClN9O5/c1-26-23(35)18-15(32-33-25)17(34)19(38-18)22-30-16-20(28-10-29-21(16)31-22)27-7-12-6-13(24)2-3-14(12)37-9-11-4-5-36-8-11/h2-6,8,10,15,17-19,34H,7,9H2,1H3,(H,26,35)(H2,27,28,29,30,31)/t15-,17+,18-,19-/m0/s1. The Kier molecular flexibility index (Phi) is 7.29. The maximum absolute atomic E-state index is 12.2. The molecule has 3 aromatic heterocycles. The summed E-state index contributed by atoms with van der Waals surface area (Å²) in [4.78, 5) is 30.9. The van der Waals surface area contributed by atoms with Crippen LogP contribution in [0, 0.1) is 0 Å². The van der Waals surface area contributed by atoms with Crippen LogP contribution in [0.1, 0.15) is 23.1 Å². The van der Waals surface area contributed by atoms with Crippen LogP contribution in [-0.4, -0.2) is 56.2 Å². The zero-order valence-corrected chi connectivity index (χ0v) is 20.7. The van der Waals surface area contributed by atoms with E-state index in [1.165, 1.54) is 13.4 Å². The monoisotopic (exact) mass is 539 g/mol. The number of anilines is 1. The molecule has 0 radical (unpaired) electrons. The van der Waals surface area contributed by atoms with Gasteiger partial charge in [0.15, 0.2) is 11.5 Å². The van der Waals surface area contributed by atoms with Crippen molar-refractivity contribution in [2.45, 2.75) is 37.5 Å². The Bertz CT molecular complexity index is 1490. The smallest absolute Gasteiger partial charge is 0.249 e. The summed E-state index contributed by atoms with van der Waals surface area (Å²) in [6.45, 7) is 0.631. The van der Waals surface area contributed by atoms with Gasteiger partial charge in [0, 0.05) is 34.7 Å². The lowest BCUT2D eigenvalue weighted by Crippen LogP contribution is -2.40. The molecule has 14 nitrogen and oxygen atoms in total. The molecule has 1 aromatic carbocycles. The molecule has 4 heterocycles. The molecule has 1 aliphatic heterocycles. The molecule has 4 N–H and O–H groups in total. The maximum Gasteiger partial charge on any atom is 0.249 e. The van der Waals surface area contributed by atoms with Gasteiger partial charge in [0.25, 0.3) is 0 Å². The van der Waals surface area contributed by atoms with Gasteiger partial charge in [-0.25, -0.2) is 15.0 Å². The van der Waals surface area contributed by atoms with Crippen LogP contribution in [0.4, 0.5) is 5.82 Å². The number of benzene rings is 1. The van der Waals surface area contributed by atoms with E-state index in [-0.39, 0.29) is 5.82 Å². The third-order valence-corrected chi connectivity index (χ3v) is 6.21. The summed E-state index contributed by atoms with van der Waals surface area (Å²) >= 11 is 6.23. The summed E-state index contributed by atoms with van der Waals surface area (Å²) in [6, 6.07) is 5.99. The second kappa shape index (κ2) is 10.9. The van der Waals surface area contributed by atoms with Crippen molar-refractivity contribution in [3.63, 3.8) is 0 Å². The number of aliphatic hydroxyl groups is 1. The summed E-state index contributed by atoms with van der Waals surface area (Å²) in [5.41, 5.74) is 11.3.